The fraction of sp³-hybridized carbons (Fsp3) is 0.588. The summed E-state index contributed by atoms with van der Waals surface area (Å²) >= 11 is 1.44. The zero-order chi connectivity index (χ0) is 22.7. The molecule has 1 aromatic heterocycles. The summed E-state index contributed by atoms with van der Waals surface area (Å²) in [5.41, 5.74) is 6.42. The van der Waals surface area contributed by atoms with Crippen molar-refractivity contribution in [2.24, 2.45) is 5.73 Å². The van der Waals surface area contributed by atoms with Crippen LogP contribution in [0.15, 0.2) is 12.5 Å². The lowest BCUT2D eigenvalue weighted by Crippen LogP contribution is -2.57. The third-order valence-corrected chi connectivity index (χ3v) is 4.77. The topological polar surface area (TPSA) is 200 Å². The Morgan fingerprint density at radius 3 is 2.37 bits per heavy atom. The van der Waals surface area contributed by atoms with Crippen LogP contribution in [0.25, 0.3) is 0 Å². The summed E-state index contributed by atoms with van der Waals surface area (Å²) in [4.78, 5) is 54.5. The third kappa shape index (κ3) is 8.39. The number of aliphatic hydroxyl groups is 1. The van der Waals surface area contributed by atoms with Crippen LogP contribution >= 0.6 is 11.8 Å². The van der Waals surface area contributed by atoms with Gasteiger partial charge in [0.25, 0.3) is 0 Å². The highest BCUT2D eigenvalue weighted by molar-refractivity contribution is 7.98. The molecule has 168 valence electrons. The first-order valence-corrected chi connectivity index (χ1v) is 10.6. The van der Waals surface area contributed by atoms with Gasteiger partial charge >= 0.3 is 5.97 Å². The van der Waals surface area contributed by atoms with Crippen LogP contribution in [-0.2, 0) is 25.6 Å². The van der Waals surface area contributed by atoms with Crippen molar-refractivity contribution in [3.05, 3.63) is 18.2 Å². The number of amides is 3. The smallest absolute Gasteiger partial charge is 0.326 e. The zero-order valence-corrected chi connectivity index (χ0v) is 17.6. The van der Waals surface area contributed by atoms with E-state index in [1.54, 1.807) is 0 Å². The molecule has 0 aliphatic carbocycles. The number of imidazole rings is 1. The number of nitrogens with zero attached hydrogens (tertiary/aromatic N) is 1. The predicted molar refractivity (Wildman–Crippen MR) is 109 cm³/mol. The van der Waals surface area contributed by atoms with Crippen molar-refractivity contribution < 1.29 is 29.4 Å². The normalized spacial score (nSPS) is 14.8. The SMILES string of the molecule is CSCCC(NC(=O)C(C)NC(=O)C(CO)NC(=O)C(N)Cc1cnc[nH]1)C(=O)O. The van der Waals surface area contributed by atoms with Gasteiger partial charge in [0.2, 0.25) is 17.7 Å². The second kappa shape index (κ2) is 12.8. The molecule has 0 fully saturated rings. The van der Waals surface area contributed by atoms with Crippen LogP contribution in [0.1, 0.15) is 19.0 Å². The lowest BCUT2D eigenvalue weighted by atomic mass is 10.1. The number of aliphatic hydroxyl groups excluding tert-OH is 1. The van der Waals surface area contributed by atoms with Crippen molar-refractivity contribution in [2.45, 2.75) is 43.9 Å². The summed E-state index contributed by atoms with van der Waals surface area (Å²) in [6, 6.07) is -4.48. The number of rotatable bonds is 13. The van der Waals surface area contributed by atoms with Gasteiger partial charge in [-0.25, -0.2) is 9.78 Å². The first-order valence-electron chi connectivity index (χ1n) is 9.16. The summed E-state index contributed by atoms with van der Waals surface area (Å²) in [5, 5.41) is 25.6. The van der Waals surface area contributed by atoms with Gasteiger partial charge in [0.1, 0.15) is 18.1 Å². The van der Waals surface area contributed by atoms with Gasteiger partial charge in [-0.2, -0.15) is 11.8 Å². The number of nitrogens with one attached hydrogen (secondary N) is 4. The molecule has 4 unspecified atom stereocenters. The fourth-order valence-electron chi connectivity index (χ4n) is 2.37. The number of aliphatic carboxylic acids is 1. The first kappa shape index (κ1) is 25.4. The Balaban J connectivity index is 2.58. The summed E-state index contributed by atoms with van der Waals surface area (Å²) in [6.07, 6.45) is 5.14. The Kier molecular flexibility index (Phi) is 10.9. The van der Waals surface area contributed by atoms with E-state index in [9.17, 15) is 29.4 Å². The summed E-state index contributed by atoms with van der Waals surface area (Å²) in [7, 11) is 0. The molecule has 0 saturated heterocycles. The van der Waals surface area contributed by atoms with Crippen LogP contribution < -0.4 is 21.7 Å². The van der Waals surface area contributed by atoms with Crippen LogP contribution in [0.3, 0.4) is 0 Å². The lowest BCUT2D eigenvalue weighted by molar-refractivity contribution is -0.142. The molecule has 0 aliphatic heterocycles. The van der Waals surface area contributed by atoms with Crippen molar-refractivity contribution in [3.8, 4) is 0 Å². The number of aromatic nitrogens is 2. The molecular formula is C17H28N6O6S. The van der Waals surface area contributed by atoms with E-state index in [4.69, 9.17) is 5.73 Å². The number of aromatic amines is 1. The van der Waals surface area contributed by atoms with Gasteiger partial charge in [-0.3, -0.25) is 14.4 Å². The lowest BCUT2D eigenvalue weighted by Gasteiger charge is -2.22. The largest absolute Gasteiger partial charge is 0.480 e. The van der Waals surface area contributed by atoms with Gasteiger partial charge < -0.3 is 36.9 Å². The summed E-state index contributed by atoms with van der Waals surface area (Å²) in [5.74, 6) is -2.81. The molecule has 0 spiro atoms. The average molecular weight is 445 g/mol. The van der Waals surface area contributed by atoms with E-state index in [0.29, 0.717) is 11.4 Å². The van der Waals surface area contributed by atoms with Crippen molar-refractivity contribution >= 4 is 35.5 Å². The maximum Gasteiger partial charge on any atom is 0.326 e. The molecule has 13 heteroatoms. The van der Waals surface area contributed by atoms with E-state index in [2.05, 4.69) is 25.9 Å². The highest BCUT2D eigenvalue weighted by Gasteiger charge is 2.28. The summed E-state index contributed by atoms with van der Waals surface area (Å²) < 4.78 is 0. The number of carbonyl (C=O) groups is 4. The number of nitrogens with two attached hydrogens (primary N) is 1. The molecule has 4 atom stereocenters. The monoisotopic (exact) mass is 444 g/mol. The number of hydrogen-bond donors (Lipinski definition) is 7. The summed E-state index contributed by atoms with van der Waals surface area (Å²) in [6.45, 7) is 0.648. The molecule has 30 heavy (non-hydrogen) atoms. The van der Waals surface area contributed by atoms with Crippen molar-refractivity contribution in [1.29, 1.82) is 0 Å². The molecule has 12 nitrogen and oxygen atoms in total. The maximum atomic E-state index is 12.3. The Hall–Kier alpha value is -2.64. The van der Waals surface area contributed by atoms with Crippen molar-refractivity contribution in [3.63, 3.8) is 0 Å². The van der Waals surface area contributed by atoms with Gasteiger partial charge in [0.05, 0.1) is 19.0 Å². The zero-order valence-electron chi connectivity index (χ0n) is 16.8. The van der Waals surface area contributed by atoms with Gasteiger partial charge in [0, 0.05) is 18.3 Å². The number of H-pyrrole nitrogens is 1. The third-order valence-electron chi connectivity index (χ3n) is 4.12. The van der Waals surface area contributed by atoms with Crippen LogP contribution in [0, 0.1) is 0 Å². The second-order valence-electron chi connectivity index (χ2n) is 6.54. The Bertz CT molecular complexity index is 716. The number of carboxylic acid groups (broad SMARTS) is 1. The Labute approximate surface area is 177 Å². The van der Waals surface area contributed by atoms with Gasteiger partial charge in [-0.15, -0.1) is 0 Å². The minimum atomic E-state index is -1.33. The molecule has 3 amide bonds. The van der Waals surface area contributed by atoms with Crippen molar-refractivity contribution in [1.82, 2.24) is 25.9 Å². The fourth-order valence-corrected chi connectivity index (χ4v) is 2.84. The molecule has 0 radical (unpaired) electrons. The van der Waals surface area contributed by atoms with Gasteiger partial charge in [-0.05, 0) is 25.4 Å². The van der Waals surface area contributed by atoms with Crippen LogP contribution in [0.4, 0.5) is 0 Å². The first-order chi connectivity index (χ1) is 14.2. The second-order valence-corrected chi connectivity index (χ2v) is 7.53. The quantitative estimate of drug-likeness (QED) is 0.173. The van der Waals surface area contributed by atoms with E-state index < -0.39 is 54.5 Å². The number of carboxylic acids is 1. The minimum absolute atomic E-state index is 0.150. The molecular weight excluding hydrogens is 416 g/mol. The van der Waals surface area contributed by atoms with E-state index >= 15 is 0 Å². The molecule has 0 saturated carbocycles. The Morgan fingerprint density at radius 2 is 1.83 bits per heavy atom. The highest BCUT2D eigenvalue weighted by Crippen LogP contribution is 2.02. The van der Waals surface area contributed by atoms with E-state index in [1.807, 2.05) is 6.26 Å². The van der Waals surface area contributed by atoms with E-state index in [1.165, 1.54) is 31.2 Å². The number of carbonyl (C=O) groups excluding carboxylic acids is 3. The van der Waals surface area contributed by atoms with Gasteiger partial charge in [0.15, 0.2) is 0 Å². The molecule has 1 heterocycles. The van der Waals surface area contributed by atoms with E-state index in [0.717, 1.165) is 0 Å². The van der Waals surface area contributed by atoms with E-state index in [-0.39, 0.29) is 12.8 Å². The standard InChI is InChI=1S/C17H28N6O6S/c1-9(14(25)22-12(17(28)29)3-4-30-2)21-16(27)13(7-24)23-15(26)11(18)5-10-6-19-8-20-10/h6,8-9,11-13,24H,3-5,7,18H2,1-2H3,(H,19,20)(H,21,27)(H,22,25)(H,23,26)(H,28,29). The van der Waals surface area contributed by atoms with Crippen LogP contribution in [0.2, 0.25) is 0 Å². The maximum absolute atomic E-state index is 12.3. The molecule has 1 aromatic rings. The van der Waals surface area contributed by atoms with Crippen molar-refractivity contribution in [2.75, 3.05) is 18.6 Å². The minimum Gasteiger partial charge on any atom is -0.480 e. The molecule has 0 bridgehead atoms. The number of thioether (sulfide) groups is 1. The van der Waals surface area contributed by atoms with Gasteiger partial charge in [-0.1, -0.05) is 0 Å². The number of hydrogen-bond acceptors (Lipinski definition) is 8. The Morgan fingerprint density at radius 1 is 1.17 bits per heavy atom. The predicted octanol–water partition coefficient (Wildman–Crippen LogP) is -2.42. The molecule has 0 aromatic carbocycles. The van der Waals surface area contributed by atoms with Crippen LogP contribution in [0.5, 0.6) is 0 Å². The molecule has 1 rings (SSSR count). The molecule has 8 N–H and O–H groups in total. The highest BCUT2D eigenvalue weighted by atomic mass is 32.2. The van der Waals surface area contributed by atoms with Crippen LogP contribution in [-0.4, -0.2) is 86.7 Å². The average Bonchev–Trinajstić information content (AvgIpc) is 3.21. The molecule has 0 aliphatic rings.